The largest absolute Gasteiger partial charge is 0.478 e. The zero-order chi connectivity index (χ0) is 21.7. The van der Waals surface area contributed by atoms with E-state index in [0.717, 1.165) is 24.8 Å². The van der Waals surface area contributed by atoms with Gasteiger partial charge >= 0.3 is 5.97 Å². The van der Waals surface area contributed by atoms with E-state index < -0.39 is 5.97 Å². The number of fused-ring (bicyclic) bond motifs is 1. The van der Waals surface area contributed by atoms with Crippen LogP contribution in [-0.4, -0.2) is 16.1 Å². The van der Waals surface area contributed by atoms with Crippen LogP contribution in [0.5, 0.6) is 0 Å². The van der Waals surface area contributed by atoms with Crippen molar-refractivity contribution in [1.29, 1.82) is 0 Å². The molecule has 2 aliphatic carbocycles. The summed E-state index contributed by atoms with van der Waals surface area (Å²) >= 11 is 0. The van der Waals surface area contributed by atoms with Crippen molar-refractivity contribution in [2.45, 2.75) is 83.5 Å². The lowest BCUT2D eigenvalue weighted by Crippen LogP contribution is -2.34. The molecule has 3 heteroatoms. The second-order valence-electron chi connectivity index (χ2n) is 10.5. The van der Waals surface area contributed by atoms with Crippen LogP contribution in [0.3, 0.4) is 0 Å². The molecule has 2 aromatic rings. The van der Waals surface area contributed by atoms with Gasteiger partial charge in [0, 0.05) is 18.3 Å². The Kier molecular flexibility index (Phi) is 5.12. The molecule has 1 aromatic heterocycles. The highest BCUT2D eigenvalue weighted by Gasteiger charge is 2.38. The lowest BCUT2D eigenvalue weighted by molar-refractivity contribution is 0.0696. The maximum Gasteiger partial charge on any atom is 0.337 e. The molecule has 1 aromatic carbocycles. The summed E-state index contributed by atoms with van der Waals surface area (Å²) in [5.74, 6) is -0.551. The third kappa shape index (κ3) is 3.59. The van der Waals surface area contributed by atoms with Crippen molar-refractivity contribution in [1.82, 2.24) is 4.98 Å². The van der Waals surface area contributed by atoms with Crippen molar-refractivity contribution < 1.29 is 9.90 Å². The molecule has 0 amide bonds. The highest BCUT2D eigenvalue weighted by molar-refractivity contribution is 5.92. The van der Waals surface area contributed by atoms with Gasteiger partial charge in [0.15, 0.2) is 0 Å². The number of carbonyl (C=O) groups is 1. The van der Waals surface area contributed by atoms with Crippen LogP contribution in [0.4, 0.5) is 0 Å². The number of carboxylic acids is 1. The number of nitrogens with zero attached hydrogens (tertiary/aromatic N) is 1. The van der Waals surface area contributed by atoms with Gasteiger partial charge in [0.25, 0.3) is 0 Å². The summed E-state index contributed by atoms with van der Waals surface area (Å²) in [7, 11) is 0. The molecular weight excluding hydrogens is 370 g/mol. The molecule has 30 heavy (non-hydrogen) atoms. The van der Waals surface area contributed by atoms with Gasteiger partial charge in [0.1, 0.15) is 0 Å². The van der Waals surface area contributed by atoms with Gasteiger partial charge in [-0.25, -0.2) is 4.79 Å². The predicted octanol–water partition coefficient (Wildman–Crippen LogP) is 6.79. The minimum atomic E-state index is -0.918. The van der Waals surface area contributed by atoms with Crippen molar-refractivity contribution in [2.75, 3.05) is 0 Å². The Balaban J connectivity index is 1.80. The second-order valence-corrected chi connectivity index (χ2v) is 10.5. The first-order chi connectivity index (χ1) is 14.1. The minimum Gasteiger partial charge on any atom is -0.478 e. The molecule has 1 N–H and O–H groups in total. The summed E-state index contributed by atoms with van der Waals surface area (Å²) in [5, 5.41) is 9.54. The van der Waals surface area contributed by atoms with E-state index >= 15 is 0 Å². The highest BCUT2D eigenvalue weighted by Crippen LogP contribution is 2.49. The topological polar surface area (TPSA) is 50.2 Å². The van der Waals surface area contributed by atoms with Gasteiger partial charge in [0.05, 0.1) is 5.56 Å². The third-order valence-corrected chi connectivity index (χ3v) is 7.45. The minimum absolute atomic E-state index is 0.192. The van der Waals surface area contributed by atoms with Gasteiger partial charge in [-0.1, -0.05) is 51.5 Å². The Morgan fingerprint density at radius 3 is 2.47 bits per heavy atom. The van der Waals surface area contributed by atoms with Crippen molar-refractivity contribution in [3.05, 3.63) is 69.5 Å². The monoisotopic (exact) mass is 403 g/mol. The van der Waals surface area contributed by atoms with E-state index in [4.69, 9.17) is 0 Å². The Morgan fingerprint density at radius 2 is 1.80 bits per heavy atom. The van der Waals surface area contributed by atoms with Gasteiger partial charge in [0.2, 0.25) is 0 Å². The van der Waals surface area contributed by atoms with Crippen molar-refractivity contribution in [3.63, 3.8) is 0 Å². The first kappa shape index (κ1) is 20.8. The number of allylic oxidation sites excluding steroid dienone is 1. The SMILES string of the molecule is Cc1cc2c(cc1C1CCC/C1=C\c1ccncc1C(=O)O)C(C)(C)CCC2(C)C. The van der Waals surface area contributed by atoms with E-state index in [1.807, 2.05) is 6.07 Å². The molecule has 158 valence electrons. The summed E-state index contributed by atoms with van der Waals surface area (Å²) in [6, 6.07) is 6.74. The molecule has 0 saturated heterocycles. The van der Waals surface area contributed by atoms with Crippen LogP contribution in [0.25, 0.3) is 6.08 Å². The number of hydrogen-bond donors (Lipinski definition) is 1. The van der Waals surface area contributed by atoms with Crippen molar-refractivity contribution in [3.8, 4) is 0 Å². The van der Waals surface area contributed by atoms with E-state index in [9.17, 15) is 9.90 Å². The third-order valence-electron chi connectivity index (χ3n) is 7.45. The Labute approximate surface area is 180 Å². The van der Waals surface area contributed by atoms with Crippen LogP contribution in [0.15, 0.2) is 36.2 Å². The van der Waals surface area contributed by atoms with Gasteiger partial charge in [-0.3, -0.25) is 4.98 Å². The predicted molar refractivity (Wildman–Crippen MR) is 122 cm³/mol. The summed E-state index contributed by atoms with van der Waals surface area (Å²) in [5.41, 5.74) is 8.59. The lowest BCUT2D eigenvalue weighted by Gasteiger charge is -2.42. The fourth-order valence-corrected chi connectivity index (χ4v) is 5.42. The summed E-state index contributed by atoms with van der Waals surface area (Å²) < 4.78 is 0. The molecule has 1 atom stereocenters. The second kappa shape index (κ2) is 7.37. The average molecular weight is 404 g/mol. The molecule has 1 fully saturated rings. The van der Waals surface area contributed by atoms with E-state index in [-0.39, 0.29) is 16.4 Å². The Hall–Kier alpha value is -2.42. The normalized spacial score (nSPS) is 23.4. The molecule has 2 aliphatic rings. The number of aromatic carboxylic acids is 1. The molecule has 1 heterocycles. The summed E-state index contributed by atoms with van der Waals surface area (Å²) in [6.45, 7) is 11.7. The van der Waals surface area contributed by atoms with Gasteiger partial charge in [-0.2, -0.15) is 0 Å². The maximum atomic E-state index is 11.6. The zero-order valence-electron chi connectivity index (χ0n) is 18.9. The lowest BCUT2D eigenvalue weighted by atomic mass is 9.62. The van der Waals surface area contributed by atoms with Gasteiger partial charge < -0.3 is 5.11 Å². The molecule has 0 spiro atoms. The first-order valence-corrected chi connectivity index (χ1v) is 11.1. The van der Waals surface area contributed by atoms with Gasteiger partial charge in [-0.05, 0) is 83.7 Å². The summed E-state index contributed by atoms with van der Waals surface area (Å²) in [6.07, 6.45) is 11.0. The quantitative estimate of drug-likeness (QED) is 0.614. The molecule has 1 saturated carbocycles. The van der Waals surface area contributed by atoms with Crippen LogP contribution < -0.4 is 0 Å². The average Bonchev–Trinajstić information content (AvgIpc) is 3.13. The molecular formula is C27H33NO2. The van der Waals surface area contributed by atoms with Crippen LogP contribution in [-0.2, 0) is 10.8 Å². The fraction of sp³-hybridized carbons (Fsp3) is 0.481. The number of aryl methyl sites for hydroxylation is 1. The summed E-state index contributed by atoms with van der Waals surface area (Å²) in [4.78, 5) is 15.6. The maximum absolute atomic E-state index is 11.6. The van der Waals surface area contributed by atoms with Crippen molar-refractivity contribution in [2.24, 2.45) is 0 Å². The molecule has 1 unspecified atom stereocenters. The van der Waals surface area contributed by atoms with Crippen LogP contribution in [0, 0.1) is 6.92 Å². The van der Waals surface area contributed by atoms with Crippen molar-refractivity contribution >= 4 is 12.0 Å². The van der Waals surface area contributed by atoms with Crippen LogP contribution in [0.2, 0.25) is 0 Å². The van der Waals surface area contributed by atoms with Crippen LogP contribution in [0.1, 0.15) is 104 Å². The molecule has 3 nitrogen and oxygen atoms in total. The Bertz CT molecular complexity index is 1030. The number of hydrogen-bond acceptors (Lipinski definition) is 2. The smallest absolute Gasteiger partial charge is 0.337 e. The molecule has 0 radical (unpaired) electrons. The highest BCUT2D eigenvalue weighted by atomic mass is 16.4. The fourth-order valence-electron chi connectivity index (χ4n) is 5.42. The standard InChI is InChI=1S/C27H33NO2/c1-17-13-23-24(27(4,5)11-10-26(23,2)3)15-21(17)20-8-6-7-18(20)14-19-9-12-28-16-22(19)25(29)30/h9,12-16,20H,6-8,10-11H2,1-5H3,(H,29,30)/b18-14+. The Morgan fingerprint density at radius 1 is 1.13 bits per heavy atom. The number of aromatic nitrogens is 1. The van der Waals surface area contributed by atoms with E-state index in [0.29, 0.717) is 5.92 Å². The first-order valence-electron chi connectivity index (χ1n) is 11.1. The van der Waals surface area contributed by atoms with E-state index in [1.165, 1.54) is 46.9 Å². The molecule has 0 bridgehead atoms. The molecule has 0 aliphatic heterocycles. The van der Waals surface area contributed by atoms with E-state index in [1.54, 1.807) is 6.20 Å². The van der Waals surface area contributed by atoms with Crippen LogP contribution >= 0.6 is 0 Å². The van der Waals surface area contributed by atoms with Gasteiger partial charge in [-0.15, -0.1) is 0 Å². The number of rotatable bonds is 3. The zero-order valence-corrected chi connectivity index (χ0v) is 18.9. The van der Waals surface area contributed by atoms with E-state index in [2.05, 4.69) is 57.8 Å². The number of pyridine rings is 1. The molecule has 4 rings (SSSR count). The number of carboxylic acid groups (broad SMARTS) is 1. The number of benzene rings is 1.